The molecule has 4 rings (SSSR count). The fourth-order valence-corrected chi connectivity index (χ4v) is 3.82. The van der Waals surface area contributed by atoms with Crippen molar-refractivity contribution in [3.8, 4) is 0 Å². The van der Waals surface area contributed by atoms with E-state index in [9.17, 15) is 18.8 Å². The number of carbonyl (C=O) groups is 3. The standard InChI is InChI=1S/C25H22FN3O3/c1-25(19-10-6-3-7-11-19)23(31)29(24(32)28-25)16-21(30)27-22(17-8-4-2-5-9-17)18-12-14-20(26)15-13-18/h2-15,22H,16H2,1H3,(H,27,30)(H,28,32). The van der Waals surface area contributed by atoms with Crippen LogP contribution in [-0.4, -0.2) is 29.3 Å². The number of halogens is 1. The van der Waals surface area contributed by atoms with E-state index in [0.717, 1.165) is 10.5 Å². The van der Waals surface area contributed by atoms with Crippen molar-refractivity contribution in [2.75, 3.05) is 6.54 Å². The van der Waals surface area contributed by atoms with Crippen LogP contribution in [0, 0.1) is 5.82 Å². The minimum atomic E-state index is -1.24. The van der Waals surface area contributed by atoms with Crippen LogP contribution in [0.1, 0.15) is 29.7 Å². The SMILES string of the molecule is CC1(c2ccccc2)NC(=O)N(CC(=O)NC(c2ccccc2)c2ccc(F)cc2)C1=O. The molecule has 6 nitrogen and oxygen atoms in total. The lowest BCUT2D eigenvalue weighted by Crippen LogP contribution is -2.44. The zero-order chi connectivity index (χ0) is 22.7. The summed E-state index contributed by atoms with van der Waals surface area (Å²) < 4.78 is 13.4. The van der Waals surface area contributed by atoms with E-state index in [-0.39, 0.29) is 5.82 Å². The third kappa shape index (κ3) is 4.09. The molecular formula is C25H22FN3O3. The van der Waals surface area contributed by atoms with Crippen molar-refractivity contribution in [3.05, 3.63) is 107 Å². The Kier molecular flexibility index (Phi) is 5.73. The van der Waals surface area contributed by atoms with Crippen LogP contribution >= 0.6 is 0 Å². The lowest BCUT2D eigenvalue weighted by molar-refractivity contribution is -0.135. The van der Waals surface area contributed by atoms with Crippen LogP contribution in [0.2, 0.25) is 0 Å². The zero-order valence-corrected chi connectivity index (χ0v) is 17.4. The van der Waals surface area contributed by atoms with Crippen molar-refractivity contribution in [2.24, 2.45) is 0 Å². The van der Waals surface area contributed by atoms with E-state index in [1.807, 2.05) is 36.4 Å². The van der Waals surface area contributed by atoms with Crippen molar-refractivity contribution in [3.63, 3.8) is 0 Å². The number of nitrogens with zero attached hydrogens (tertiary/aromatic N) is 1. The van der Waals surface area contributed by atoms with Crippen molar-refractivity contribution < 1.29 is 18.8 Å². The summed E-state index contributed by atoms with van der Waals surface area (Å²) in [6.07, 6.45) is 0. The van der Waals surface area contributed by atoms with Crippen LogP contribution in [0.15, 0.2) is 84.9 Å². The van der Waals surface area contributed by atoms with Gasteiger partial charge in [0.15, 0.2) is 0 Å². The van der Waals surface area contributed by atoms with Crippen LogP contribution in [0.25, 0.3) is 0 Å². The summed E-state index contributed by atoms with van der Waals surface area (Å²) in [5, 5.41) is 5.56. The fourth-order valence-electron chi connectivity index (χ4n) is 3.82. The number of benzene rings is 3. The Labute approximate surface area is 185 Å². The lowest BCUT2D eigenvalue weighted by Gasteiger charge is -2.23. The lowest BCUT2D eigenvalue weighted by atomic mass is 9.92. The van der Waals surface area contributed by atoms with E-state index in [2.05, 4.69) is 10.6 Å². The van der Waals surface area contributed by atoms with E-state index >= 15 is 0 Å². The van der Waals surface area contributed by atoms with Gasteiger partial charge in [-0.3, -0.25) is 14.5 Å². The molecule has 1 heterocycles. The molecule has 1 saturated heterocycles. The maximum absolute atomic E-state index is 13.4. The zero-order valence-electron chi connectivity index (χ0n) is 17.4. The van der Waals surface area contributed by atoms with E-state index in [1.54, 1.807) is 43.3 Å². The molecule has 1 aliphatic heterocycles. The number of imide groups is 1. The Morgan fingerprint density at radius 2 is 1.50 bits per heavy atom. The summed E-state index contributed by atoms with van der Waals surface area (Å²) in [6.45, 7) is 1.18. The molecule has 0 spiro atoms. The van der Waals surface area contributed by atoms with Gasteiger partial charge in [-0.1, -0.05) is 72.8 Å². The third-order valence-electron chi connectivity index (χ3n) is 5.57. The monoisotopic (exact) mass is 431 g/mol. The minimum Gasteiger partial charge on any atom is -0.344 e. The Morgan fingerprint density at radius 1 is 0.938 bits per heavy atom. The molecule has 162 valence electrons. The van der Waals surface area contributed by atoms with Crippen molar-refractivity contribution >= 4 is 17.8 Å². The van der Waals surface area contributed by atoms with E-state index < -0.39 is 36.0 Å². The quantitative estimate of drug-likeness (QED) is 0.587. The number of carbonyl (C=O) groups excluding carboxylic acids is 3. The average Bonchev–Trinajstić information content (AvgIpc) is 3.03. The van der Waals surface area contributed by atoms with Crippen molar-refractivity contribution in [1.82, 2.24) is 15.5 Å². The number of hydrogen-bond donors (Lipinski definition) is 2. The van der Waals surface area contributed by atoms with Gasteiger partial charge in [-0.15, -0.1) is 0 Å². The van der Waals surface area contributed by atoms with Crippen LogP contribution in [0.3, 0.4) is 0 Å². The number of hydrogen-bond acceptors (Lipinski definition) is 3. The highest BCUT2D eigenvalue weighted by Crippen LogP contribution is 2.29. The van der Waals surface area contributed by atoms with E-state index in [1.165, 1.54) is 12.1 Å². The molecule has 0 aliphatic carbocycles. The van der Waals surface area contributed by atoms with Crippen LogP contribution < -0.4 is 10.6 Å². The van der Waals surface area contributed by atoms with Crippen LogP contribution in [0.4, 0.5) is 9.18 Å². The largest absolute Gasteiger partial charge is 0.344 e. The normalized spacial score (nSPS) is 18.9. The molecule has 2 N–H and O–H groups in total. The fraction of sp³-hybridized carbons (Fsp3) is 0.160. The second kappa shape index (κ2) is 8.63. The smallest absolute Gasteiger partial charge is 0.325 e. The first kappa shape index (κ1) is 21.2. The van der Waals surface area contributed by atoms with Gasteiger partial charge in [0.25, 0.3) is 5.91 Å². The Hall–Kier alpha value is -4.00. The van der Waals surface area contributed by atoms with E-state index in [0.29, 0.717) is 11.1 Å². The molecule has 0 aromatic heterocycles. The van der Waals surface area contributed by atoms with Gasteiger partial charge in [0.1, 0.15) is 17.9 Å². The Balaban J connectivity index is 1.54. The highest BCUT2D eigenvalue weighted by molar-refractivity contribution is 6.09. The average molecular weight is 431 g/mol. The van der Waals surface area contributed by atoms with Gasteiger partial charge in [0, 0.05) is 0 Å². The number of urea groups is 1. The maximum atomic E-state index is 13.4. The minimum absolute atomic E-state index is 0.383. The summed E-state index contributed by atoms with van der Waals surface area (Å²) in [5.74, 6) is -1.39. The first-order valence-corrected chi connectivity index (χ1v) is 10.2. The maximum Gasteiger partial charge on any atom is 0.325 e. The predicted molar refractivity (Wildman–Crippen MR) is 117 cm³/mol. The molecular weight excluding hydrogens is 409 g/mol. The molecule has 3 aromatic carbocycles. The Morgan fingerprint density at radius 3 is 2.12 bits per heavy atom. The summed E-state index contributed by atoms with van der Waals surface area (Å²) in [7, 11) is 0. The molecule has 2 atom stereocenters. The summed E-state index contributed by atoms with van der Waals surface area (Å²) in [6, 6.07) is 22.7. The van der Waals surface area contributed by atoms with Gasteiger partial charge in [-0.2, -0.15) is 0 Å². The number of amides is 4. The first-order valence-electron chi connectivity index (χ1n) is 10.2. The van der Waals surface area contributed by atoms with Crippen molar-refractivity contribution in [2.45, 2.75) is 18.5 Å². The molecule has 1 aliphatic rings. The summed E-state index contributed by atoms with van der Waals surface area (Å²) in [5.41, 5.74) is 0.861. The second-order valence-electron chi connectivity index (χ2n) is 7.78. The molecule has 4 amide bonds. The Bertz CT molecular complexity index is 1140. The van der Waals surface area contributed by atoms with Gasteiger partial charge in [0.2, 0.25) is 5.91 Å². The first-order chi connectivity index (χ1) is 15.4. The summed E-state index contributed by atoms with van der Waals surface area (Å²) >= 11 is 0. The molecule has 1 fully saturated rings. The number of nitrogens with one attached hydrogen (secondary N) is 2. The highest BCUT2D eigenvalue weighted by atomic mass is 19.1. The molecule has 32 heavy (non-hydrogen) atoms. The molecule has 2 unspecified atom stereocenters. The van der Waals surface area contributed by atoms with Gasteiger partial charge >= 0.3 is 6.03 Å². The third-order valence-corrected chi connectivity index (χ3v) is 5.57. The van der Waals surface area contributed by atoms with Crippen molar-refractivity contribution in [1.29, 1.82) is 0 Å². The van der Waals surface area contributed by atoms with Crippen LogP contribution in [0.5, 0.6) is 0 Å². The van der Waals surface area contributed by atoms with Gasteiger partial charge < -0.3 is 10.6 Å². The molecule has 0 radical (unpaired) electrons. The predicted octanol–water partition coefficient (Wildman–Crippen LogP) is 3.50. The second-order valence-corrected chi connectivity index (χ2v) is 7.78. The molecule has 0 bridgehead atoms. The summed E-state index contributed by atoms with van der Waals surface area (Å²) in [4.78, 5) is 39.4. The topological polar surface area (TPSA) is 78.5 Å². The van der Waals surface area contributed by atoms with Gasteiger partial charge in [0.05, 0.1) is 6.04 Å². The highest BCUT2D eigenvalue weighted by Gasteiger charge is 2.49. The van der Waals surface area contributed by atoms with Gasteiger partial charge in [-0.25, -0.2) is 9.18 Å². The molecule has 3 aromatic rings. The molecule has 0 saturated carbocycles. The molecule has 7 heteroatoms. The van der Waals surface area contributed by atoms with Gasteiger partial charge in [-0.05, 0) is 35.7 Å². The van der Waals surface area contributed by atoms with E-state index in [4.69, 9.17) is 0 Å². The number of rotatable bonds is 6. The van der Waals surface area contributed by atoms with Crippen LogP contribution in [-0.2, 0) is 15.1 Å².